The Kier molecular flexibility index (Phi) is 4.78. The molecule has 1 aliphatic carbocycles. The Bertz CT molecular complexity index is 2720. The van der Waals surface area contributed by atoms with Crippen LogP contribution in [0.5, 0.6) is 0 Å². The zero-order valence-electron chi connectivity index (χ0n) is 25.6. The van der Waals surface area contributed by atoms with E-state index in [4.69, 9.17) is 0 Å². The molecule has 9 aromatic rings. The zero-order valence-corrected chi connectivity index (χ0v) is 25.6. The number of hydrogen-bond donors (Lipinski definition) is 0. The zero-order chi connectivity index (χ0) is 30.0. The van der Waals surface area contributed by atoms with E-state index < -0.39 is 0 Å². The fourth-order valence-electron chi connectivity index (χ4n) is 8.54. The number of fused-ring (bicyclic) bond motifs is 14. The third-order valence-electron chi connectivity index (χ3n) is 10.6. The Balaban J connectivity index is 1.36. The quantitative estimate of drug-likeness (QED) is 0.172. The maximum absolute atomic E-state index is 2.54. The van der Waals surface area contributed by atoms with E-state index in [1.54, 1.807) is 0 Å². The van der Waals surface area contributed by atoms with E-state index >= 15 is 0 Å². The Morgan fingerprint density at radius 2 is 0.978 bits per heavy atom. The summed E-state index contributed by atoms with van der Waals surface area (Å²) < 4.78 is 2.44. The van der Waals surface area contributed by atoms with Gasteiger partial charge in [0.25, 0.3) is 0 Å². The van der Waals surface area contributed by atoms with Gasteiger partial charge in [-0.25, -0.2) is 0 Å². The Labute approximate surface area is 262 Å². The molecule has 0 saturated heterocycles. The van der Waals surface area contributed by atoms with Crippen LogP contribution in [-0.2, 0) is 5.41 Å². The van der Waals surface area contributed by atoms with Gasteiger partial charge in [-0.05, 0) is 120 Å². The van der Waals surface area contributed by atoms with E-state index in [-0.39, 0.29) is 5.41 Å². The second-order valence-electron chi connectivity index (χ2n) is 13.4. The second kappa shape index (κ2) is 8.61. The van der Waals surface area contributed by atoms with Gasteiger partial charge in [0.2, 0.25) is 0 Å². The normalized spacial score (nSPS) is 13.8. The number of aryl methyl sites for hydroxylation is 1. The number of nitrogens with zero attached hydrogens (tertiary/aromatic N) is 1. The van der Waals surface area contributed by atoms with Crippen LogP contribution in [0.25, 0.3) is 81.7 Å². The fraction of sp³-hybridized carbons (Fsp3) is 0.0909. The van der Waals surface area contributed by atoms with Gasteiger partial charge in [-0.1, -0.05) is 105 Å². The summed E-state index contributed by atoms with van der Waals surface area (Å²) in [5.74, 6) is 0. The molecule has 8 aromatic carbocycles. The van der Waals surface area contributed by atoms with Gasteiger partial charge in [0.1, 0.15) is 0 Å². The van der Waals surface area contributed by atoms with Gasteiger partial charge in [0.15, 0.2) is 0 Å². The summed E-state index contributed by atoms with van der Waals surface area (Å²) in [6.45, 7) is 7.08. The maximum atomic E-state index is 2.54. The highest BCUT2D eigenvalue weighted by Crippen LogP contribution is 2.53. The highest BCUT2D eigenvalue weighted by molar-refractivity contribution is 6.32. The van der Waals surface area contributed by atoms with Gasteiger partial charge in [-0.3, -0.25) is 0 Å². The van der Waals surface area contributed by atoms with Crippen molar-refractivity contribution in [1.29, 1.82) is 0 Å². The molecule has 1 heterocycles. The molecule has 1 heteroatoms. The summed E-state index contributed by atoms with van der Waals surface area (Å²) in [5.41, 5.74) is 10.4. The van der Waals surface area contributed by atoms with Crippen molar-refractivity contribution in [2.45, 2.75) is 26.2 Å². The van der Waals surface area contributed by atoms with E-state index in [1.165, 1.54) is 98.4 Å². The number of benzene rings is 8. The minimum atomic E-state index is -0.149. The monoisotopic (exact) mass is 573 g/mol. The molecule has 0 spiro atoms. The molecule has 0 fully saturated rings. The van der Waals surface area contributed by atoms with Crippen molar-refractivity contribution < 1.29 is 0 Å². The summed E-state index contributed by atoms with van der Waals surface area (Å²) in [4.78, 5) is 0. The Hall–Kier alpha value is -5.40. The van der Waals surface area contributed by atoms with E-state index in [0.29, 0.717) is 0 Å². The molecular weight excluding hydrogens is 542 g/mol. The van der Waals surface area contributed by atoms with Crippen molar-refractivity contribution >= 4 is 64.9 Å². The van der Waals surface area contributed by atoms with Gasteiger partial charge in [-0.15, -0.1) is 0 Å². The molecule has 1 nitrogen and oxygen atoms in total. The van der Waals surface area contributed by atoms with E-state index in [1.807, 2.05) is 0 Å². The van der Waals surface area contributed by atoms with Crippen LogP contribution >= 0.6 is 0 Å². The van der Waals surface area contributed by atoms with Crippen LogP contribution in [0.3, 0.4) is 0 Å². The molecule has 1 aliphatic rings. The SMILES string of the molecule is Cc1cc2c3ccccc3c3cc4c(cc3c2c2ccccc12)C(C)(C)c1cc2c(cc1-4)c1ccccc1n2-c1ccccc1. The lowest BCUT2D eigenvalue weighted by Crippen LogP contribution is -2.15. The summed E-state index contributed by atoms with van der Waals surface area (Å²) in [6.07, 6.45) is 0. The molecule has 0 saturated carbocycles. The van der Waals surface area contributed by atoms with Crippen LogP contribution in [-0.4, -0.2) is 4.57 Å². The molecule has 0 unspecified atom stereocenters. The highest BCUT2D eigenvalue weighted by atomic mass is 15.0. The average molecular weight is 574 g/mol. The van der Waals surface area contributed by atoms with Crippen molar-refractivity contribution in [1.82, 2.24) is 4.57 Å². The molecule has 0 radical (unpaired) electrons. The van der Waals surface area contributed by atoms with E-state index in [9.17, 15) is 0 Å². The predicted molar refractivity (Wildman–Crippen MR) is 193 cm³/mol. The fourth-order valence-corrected chi connectivity index (χ4v) is 8.54. The smallest absolute Gasteiger partial charge is 0.0544 e. The summed E-state index contributed by atoms with van der Waals surface area (Å²) in [5, 5.41) is 13.3. The molecule has 0 atom stereocenters. The van der Waals surface area contributed by atoms with Gasteiger partial charge in [0, 0.05) is 21.9 Å². The van der Waals surface area contributed by atoms with Crippen molar-refractivity contribution in [3.63, 3.8) is 0 Å². The molecule has 0 amide bonds. The van der Waals surface area contributed by atoms with E-state index in [2.05, 4.69) is 159 Å². The Morgan fingerprint density at radius 1 is 0.422 bits per heavy atom. The maximum Gasteiger partial charge on any atom is 0.0544 e. The van der Waals surface area contributed by atoms with Crippen molar-refractivity contribution in [2.24, 2.45) is 0 Å². The number of para-hydroxylation sites is 2. The first-order valence-corrected chi connectivity index (χ1v) is 16.0. The first-order chi connectivity index (χ1) is 22.0. The van der Waals surface area contributed by atoms with Crippen LogP contribution in [0.4, 0.5) is 0 Å². The molecule has 0 aliphatic heterocycles. The van der Waals surface area contributed by atoms with Crippen LogP contribution in [0.2, 0.25) is 0 Å². The van der Waals surface area contributed by atoms with Gasteiger partial charge in [-0.2, -0.15) is 0 Å². The second-order valence-corrected chi connectivity index (χ2v) is 13.4. The topological polar surface area (TPSA) is 4.93 Å². The third kappa shape index (κ3) is 3.18. The largest absolute Gasteiger partial charge is 0.309 e. The van der Waals surface area contributed by atoms with Crippen molar-refractivity contribution in [2.75, 3.05) is 0 Å². The Morgan fingerprint density at radius 3 is 1.73 bits per heavy atom. The molecule has 10 rings (SSSR count). The summed E-state index contributed by atoms with van der Waals surface area (Å²) >= 11 is 0. The average Bonchev–Trinajstić information content (AvgIpc) is 3.51. The van der Waals surface area contributed by atoms with Crippen LogP contribution in [0.15, 0.2) is 133 Å². The third-order valence-corrected chi connectivity index (χ3v) is 10.6. The van der Waals surface area contributed by atoms with E-state index in [0.717, 1.165) is 0 Å². The molecule has 1 aromatic heterocycles. The van der Waals surface area contributed by atoms with Crippen molar-refractivity contribution in [3.05, 3.63) is 150 Å². The number of hydrogen-bond acceptors (Lipinski definition) is 0. The van der Waals surface area contributed by atoms with Gasteiger partial charge in [0.05, 0.1) is 11.0 Å². The number of aromatic nitrogens is 1. The first-order valence-electron chi connectivity index (χ1n) is 16.0. The minimum absolute atomic E-state index is 0.149. The van der Waals surface area contributed by atoms with Gasteiger partial charge >= 0.3 is 0 Å². The molecule has 0 N–H and O–H groups in total. The lowest BCUT2D eigenvalue weighted by Gasteiger charge is -2.23. The van der Waals surface area contributed by atoms with Gasteiger partial charge < -0.3 is 4.57 Å². The molecule has 0 bridgehead atoms. The van der Waals surface area contributed by atoms with Crippen LogP contribution < -0.4 is 0 Å². The van der Waals surface area contributed by atoms with Crippen LogP contribution in [0.1, 0.15) is 30.5 Å². The first kappa shape index (κ1) is 25.0. The molecule has 45 heavy (non-hydrogen) atoms. The standard InChI is InChI=1S/C44H31N/c1-26-21-37-30-17-9-8-16-29(30)33-22-34-35-23-36-31-18-11-12-20-41(31)45(27-13-5-4-6-14-27)42(36)25-40(35)44(2,3)39(34)24-38(33)43(37)32-19-10-7-15-28(26)32/h4-25H,1-3H3. The summed E-state index contributed by atoms with van der Waals surface area (Å²) in [7, 11) is 0. The molecule has 212 valence electrons. The summed E-state index contributed by atoms with van der Waals surface area (Å²) in [6, 6.07) is 50.0. The lowest BCUT2D eigenvalue weighted by molar-refractivity contribution is 0.662. The predicted octanol–water partition coefficient (Wildman–Crippen LogP) is 12.0. The van der Waals surface area contributed by atoms with Crippen LogP contribution in [0, 0.1) is 6.92 Å². The lowest BCUT2D eigenvalue weighted by atomic mass is 9.80. The minimum Gasteiger partial charge on any atom is -0.309 e. The number of rotatable bonds is 1. The molecular formula is C44H31N. The van der Waals surface area contributed by atoms with Crippen molar-refractivity contribution in [3.8, 4) is 16.8 Å². The highest BCUT2D eigenvalue weighted by Gasteiger charge is 2.37.